The number of carboxylic acid groups (broad SMARTS) is 1. The molecule has 34 heavy (non-hydrogen) atoms. The van der Waals surface area contributed by atoms with E-state index in [2.05, 4.69) is 48.2 Å². The van der Waals surface area contributed by atoms with Crippen molar-refractivity contribution in [2.24, 2.45) is 0 Å². The van der Waals surface area contributed by atoms with Crippen molar-refractivity contribution in [3.63, 3.8) is 0 Å². The Labute approximate surface area is 200 Å². The summed E-state index contributed by atoms with van der Waals surface area (Å²) in [4.78, 5) is 36.9. The van der Waals surface area contributed by atoms with Crippen LogP contribution in [0.3, 0.4) is 0 Å². The molecular formula is C23H29F3N4O3S. The quantitative estimate of drug-likeness (QED) is 0.671. The number of fused-ring (bicyclic) bond motifs is 2. The zero-order chi connectivity index (χ0) is 25.3. The molecule has 7 nitrogen and oxygen atoms in total. The SMILES string of the molecule is CN1CC2(CCN(Cc3cccs3)CC2)c2nc(C(C)(C)C)ncc2C1=O.O=C(O)C(F)(F)F. The van der Waals surface area contributed by atoms with Gasteiger partial charge in [0.15, 0.2) is 0 Å². The standard InChI is InChI=1S/C21H28N4OS.C2HF3O2/c1-20(2,3)19-22-12-16-17(23-19)21(14-24(4)18(16)26)7-9-25(10-8-21)13-15-6-5-11-27-15;3-2(4,5)1(6)7/h5-6,11-12H,7-10,13-14H2,1-4H3;(H,6,7). The molecule has 186 valence electrons. The number of likely N-dealkylation sites (tertiary alicyclic amines) is 1. The van der Waals surface area contributed by atoms with Crippen molar-refractivity contribution in [1.29, 1.82) is 0 Å². The number of aromatic nitrogens is 2. The summed E-state index contributed by atoms with van der Waals surface area (Å²) in [5, 5.41) is 9.27. The maximum atomic E-state index is 12.7. The molecule has 0 radical (unpaired) electrons. The van der Waals surface area contributed by atoms with Gasteiger partial charge in [-0.25, -0.2) is 14.8 Å². The van der Waals surface area contributed by atoms with Crippen LogP contribution in [0.4, 0.5) is 13.2 Å². The number of thiophene rings is 1. The first-order chi connectivity index (χ1) is 15.7. The highest BCUT2D eigenvalue weighted by molar-refractivity contribution is 7.09. The molecule has 1 N–H and O–H groups in total. The lowest BCUT2D eigenvalue weighted by Crippen LogP contribution is -2.53. The molecule has 0 aliphatic carbocycles. The Morgan fingerprint density at radius 3 is 2.35 bits per heavy atom. The van der Waals surface area contributed by atoms with Crippen LogP contribution in [-0.2, 0) is 22.2 Å². The van der Waals surface area contributed by atoms with Crippen molar-refractivity contribution in [2.45, 2.75) is 57.2 Å². The second-order valence-electron chi connectivity index (χ2n) is 9.81. The van der Waals surface area contributed by atoms with Gasteiger partial charge < -0.3 is 10.0 Å². The van der Waals surface area contributed by atoms with Gasteiger partial charge in [0.1, 0.15) is 5.82 Å². The first-order valence-electron chi connectivity index (χ1n) is 10.9. The fourth-order valence-corrected chi connectivity index (χ4v) is 5.01. The smallest absolute Gasteiger partial charge is 0.475 e. The number of carbonyl (C=O) groups excluding carboxylic acids is 1. The summed E-state index contributed by atoms with van der Waals surface area (Å²) in [5.74, 6) is -1.87. The number of carbonyl (C=O) groups is 2. The predicted octanol–water partition coefficient (Wildman–Crippen LogP) is 4.09. The summed E-state index contributed by atoms with van der Waals surface area (Å²) in [6.07, 6.45) is -1.26. The molecule has 0 atom stereocenters. The van der Waals surface area contributed by atoms with Crippen LogP contribution in [0.5, 0.6) is 0 Å². The van der Waals surface area contributed by atoms with Gasteiger partial charge in [0.05, 0.1) is 11.3 Å². The minimum Gasteiger partial charge on any atom is -0.475 e. The number of piperidine rings is 1. The summed E-state index contributed by atoms with van der Waals surface area (Å²) in [6.45, 7) is 10.2. The molecule has 0 saturated carbocycles. The summed E-state index contributed by atoms with van der Waals surface area (Å²) in [5.41, 5.74) is 1.51. The fraction of sp³-hybridized carbons (Fsp3) is 0.565. The van der Waals surface area contributed by atoms with E-state index in [0.717, 1.165) is 50.5 Å². The van der Waals surface area contributed by atoms with E-state index in [9.17, 15) is 18.0 Å². The summed E-state index contributed by atoms with van der Waals surface area (Å²) in [7, 11) is 1.91. The van der Waals surface area contributed by atoms with Crippen LogP contribution in [0.1, 0.15) is 60.4 Å². The Kier molecular flexibility index (Phi) is 7.37. The van der Waals surface area contributed by atoms with E-state index < -0.39 is 12.1 Å². The van der Waals surface area contributed by atoms with Crippen molar-refractivity contribution < 1.29 is 27.9 Å². The van der Waals surface area contributed by atoms with Gasteiger partial charge in [-0.05, 0) is 37.4 Å². The summed E-state index contributed by atoms with van der Waals surface area (Å²) >= 11 is 1.82. The van der Waals surface area contributed by atoms with Crippen LogP contribution < -0.4 is 0 Å². The zero-order valence-electron chi connectivity index (χ0n) is 19.6. The molecule has 1 fully saturated rings. The van der Waals surface area contributed by atoms with Crippen molar-refractivity contribution in [2.75, 3.05) is 26.7 Å². The molecule has 4 heterocycles. The van der Waals surface area contributed by atoms with E-state index in [1.165, 1.54) is 4.88 Å². The number of carboxylic acids is 1. The van der Waals surface area contributed by atoms with Crippen molar-refractivity contribution >= 4 is 23.2 Å². The van der Waals surface area contributed by atoms with E-state index in [-0.39, 0.29) is 16.7 Å². The van der Waals surface area contributed by atoms with E-state index >= 15 is 0 Å². The van der Waals surface area contributed by atoms with Gasteiger partial charge in [0.2, 0.25) is 0 Å². The van der Waals surface area contributed by atoms with Gasteiger partial charge in [-0.1, -0.05) is 26.8 Å². The topological polar surface area (TPSA) is 86.6 Å². The summed E-state index contributed by atoms with van der Waals surface area (Å²) < 4.78 is 31.7. The Balaban J connectivity index is 0.000000406. The lowest BCUT2D eigenvalue weighted by molar-refractivity contribution is -0.192. The van der Waals surface area contributed by atoms with Gasteiger partial charge >= 0.3 is 12.1 Å². The maximum Gasteiger partial charge on any atom is 0.490 e. The molecular weight excluding hydrogens is 469 g/mol. The van der Waals surface area contributed by atoms with Gasteiger partial charge in [0.25, 0.3) is 5.91 Å². The normalized spacial score (nSPS) is 18.3. The lowest BCUT2D eigenvalue weighted by Gasteiger charge is -2.46. The van der Waals surface area contributed by atoms with Crippen LogP contribution in [-0.4, -0.2) is 69.6 Å². The van der Waals surface area contributed by atoms with Crippen molar-refractivity contribution in [3.8, 4) is 0 Å². The number of halogens is 3. The second kappa shape index (κ2) is 9.61. The highest BCUT2D eigenvalue weighted by atomic mass is 32.1. The maximum absolute atomic E-state index is 12.7. The molecule has 0 unspecified atom stereocenters. The van der Waals surface area contributed by atoms with Crippen LogP contribution >= 0.6 is 11.3 Å². The first-order valence-corrected chi connectivity index (χ1v) is 11.8. The predicted molar refractivity (Wildman–Crippen MR) is 122 cm³/mol. The second-order valence-corrected chi connectivity index (χ2v) is 10.8. The molecule has 4 rings (SSSR count). The number of alkyl halides is 3. The highest BCUT2D eigenvalue weighted by Gasteiger charge is 2.46. The van der Waals surface area contributed by atoms with E-state index in [4.69, 9.17) is 14.9 Å². The summed E-state index contributed by atoms with van der Waals surface area (Å²) in [6, 6.07) is 4.33. The third kappa shape index (κ3) is 5.75. The van der Waals surface area contributed by atoms with Crippen LogP contribution in [0.25, 0.3) is 0 Å². The average Bonchev–Trinajstić information content (AvgIpc) is 3.26. The van der Waals surface area contributed by atoms with Crippen molar-refractivity contribution in [3.05, 3.63) is 45.7 Å². The number of amides is 1. The lowest BCUT2D eigenvalue weighted by atomic mass is 9.71. The Morgan fingerprint density at radius 2 is 1.85 bits per heavy atom. The monoisotopic (exact) mass is 498 g/mol. The molecule has 2 aliphatic heterocycles. The molecule has 11 heteroatoms. The van der Waals surface area contributed by atoms with E-state index in [1.54, 1.807) is 6.20 Å². The molecule has 2 aromatic rings. The molecule has 0 bridgehead atoms. The average molecular weight is 499 g/mol. The molecule has 2 aromatic heterocycles. The number of hydrogen-bond acceptors (Lipinski definition) is 6. The molecule has 1 saturated heterocycles. The van der Waals surface area contributed by atoms with Crippen LogP contribution in [0.15, 0.2) is 23.7 Å². The third-order valence-corrected chi connectivity index (χ3v) is 6.96. The third-order valence-electron chi connectivity index (χ3n) is 6.09. The Morgan fingerprint density at radius 1 is 1.24 bits per heavy atom. The molecule has 0 aromatic carbocycles. The number of rotatable bonds is 2. The fourth-order valence-electron chi connectivity index (χ4n) is 4.27. The highest BCUT2D eigenvalue weighted by Crippen LogP contribution is 2.41. The molecule has 1 amide bonds. The van der Waals surface area contributed by atoms with Crippen LogP contribution in [0, 0.1) is 0 Å². The Bertz CT molecular complexity index is 1030. The minimum absolute atomic E-state index is 0.0487. The molecule has 1 spiro atoms. The number of aliphatic carboxylic acids is 1. The van der Waals surface area contributed by atoms with E-state index in [0.29, 0.717) is 5.56 Å². The van der Waals surface area contributed by atoms with Gasteiger partial charge in [0, 0.05) is 42.0 Å². The number of hydrogen-bond donors (Lipinski definition) is 1. The van der Waals surface area contributed by atoms with Crippen LogP contribution in [0.2, 0.25) is 0 Å². The largest absolute Gasteiger partial charge is 0.490 e. The molecule has 2 aliphatic rings. The van der Waals surface area contributed by atoms with Crippen molar-refractivity contribution in [1.82, 2.24) is 19.8 Å². The number of likely N-dealkylation sites (N-methyl/N-ethyl adjacent to an activating group) is 1. The van der Waals surface area contributed by atoms with E-state index in [1.807, 2.05) is 23.3 Å². The van der Waals surface area contributed by atoms with Gasteiger partial charge in [-0.3, -0.25) is 9.69 Å². The Hall–Kier alpha value is -2.53. The first kappa shape index (κ1) is 26.1. The number of nitrogens with zero attached hydrogens (tertiary/aromatic N) is 4. The van der Waals surface area contributed by atoms with Gasteiger partial charge in [-0.2, -0.15) is 13.2 Å². The minimum atomic E-state index is -5.08. The zero-order valence-corrected chi connectivity index (χ0v) is 20.5. The van der Waals surface area contributed by atoms with Gasteiger partial charge in [-0.15, -0.1) is 11.3 Å².